The van der Waals surface area contributed by atoms with Gasteiger partial charge in [-0.3, -0.25) is 9.36 Å². The van der Waals surface area contributed by atoms with Crippen LogP contribution in [0, 0.1) is 6.92 Å². The lowest BCUT2D eigenvalue weighted by Gasteiger charge is -2.20. The smallest absolute Gasteiger partial charge is 0.0791 e. The number of nitrogens with one attached hydrogen (secondary N) is 1. The number of aryl methyl sites for hydroxylation is 2. The first-order valence-electron chi connectivity index (χ1n) is 6.36. The summed E-state index contributed by atoms with van der Waals surface area (Å²) in [7, 11) is 3.90. The fraction of sp³-hybridized carbons (Fsp3) is 0.538. The Balaban J connectivity index is 2.54. The highest BCUT2D eigenvalue weighted by atomic mass is 79.9. The van der Waals surface area contributed by atoms with Crippen molar-refractivity contribution in [1.82, 2.24) is 24.9 Å². The van der Waals surface area contributed by atoms with Crippen LogP contribution in [0.5, 0.6) is 0 Å². The summed E-state index contributed by atoms with van der Waals surface area (Å²) in [5.74, 6) is 0. The molecule has 0 spiro atoms. The summed E-state index contributed by atoms with van der Waals surface area (Å²) in [6.45, 7) is 6.29. The first kappa shape index (κ1) is 14.3. The fourth-order valence-corrected chi connectivity index (χ4v) is 2.88. The van der Waals surface area contributed by atoms with Crippen LogP contribution in [0.3, 0.4) is 0 Å². The Morgan fingerprint density at radius 1 is 1.37 bits per heavy atom. The van der Waals surface area contributed by atoms with Crippen LogP contribution in [-0.2, 0) is 7.05 Å². The van der Waals surface area contributed by atoms with E-state index < -0.39 is 0 Å². The van der Waals surface area contributed by atoms with Gasteiger partial charge in [-0.2, -0.15) is 10.2 Å². The predicted molar refractivity (Wildman–Crippen MR) is 79.2 cm³/mol. The molecule has 2 rings (SSSR count). The second-order valence-electron chi connectivity index (χ2n) is 4.98. The van der Waals surface area contributed by atoms with Gasteiger partial charge in [0.2, 0.25) is 0 Å². The fourth-order valence-electron chi connectivity index (χ4n) is 2.37. The van der Waals surface area contributed by atoms with E-state index in [0.717, 1.165) is 15.9 Å². The van der Waals surface area contributed by atoms with Gasteiger partial charge in [-0.05, 0) is 43.7 Å². The molecule has 0 aliphatic carbocycles. The maximum Gasteiger partial charge on any atom is 0.0791 e. The monoisotopic (exact) mass is 325 g/mol. The van der Waals surface area contributed by atoms with Crippen LogP contribution in [0.4, 0.5) is 0 Å². The topological polar surface area (TPSA) is 47.7 Å². The van der Waals surface area contributed by atoms with Gasteiger partial charge in [-0.25, -0.2) is 0 Å². The van der Waals surface area contributed by atoms with Crippen molar-refractivity contribution in [3.63, 3.8) is 0 Å². The second kappa shape index (κ2) is 5.46. The van der Waals surface area contributed by atoms with Gasteiger partial charge in [0.25, 0.3) is 0 Å². The van der Waals surface area contributed by atoms with Crippen LogP contribution in [0.25, 0.3) is 0 Å². The van der Waals surface area contributed by atoms with E-state index in [1.54, 1.807) is 0 Å². The van der Waals surface area contributed by atoms with Crippen molar-refractivity contribution in [2.45, 2.75) is 32.9 Å². The van der Waals surface area contributed by atoms with Gasteiger partial charge < -0.3 is 5.32 Å². The first-order chi connectivity index (χ1) is 8.95. The Kier molecular flexibility index (Phi) is 4.10. The minimum atomic E-state index is 0.0768. The van der Waals surface area contributed by atoms with Gasteiger partial charge in [0, 0.05) is 24.8 Å². The van der Waals surface area contributed by atoms with E-state index in [0.29, 0.717) is 6.04 Å². The van der Waals surface area contributed by atoms with E-state index >= 15 is 0 Å². The number of hydrogen-bond acceptors (Lipinski definition) is 3. The van der Waals surface area contributed by atoms with Crippen LogP contribution in [0.1, 0.15) is 42.9 Å². The molecule has 0 aliphatic heterocycles. The van der Waals surface area contributed by atoms with Gasteiger partial charge in [0.05, 0.1) is 28.1 Å². The van der Waals surface area contributed by atoms with Crippen LogP contribution >= 0.6 is 15.9 Å². The Bertz CT molecular complexity index is 570. The van der Waals surface area contributed by atoms with Crippen molar-refractivity contribution in [3.8, 4) is 0 Å². The first-order valence-corrected chi connectivity index (χ1v) is 7.15. The largest absolute Gasteiger partial charge is 0.308 e. The lowest BCUT2D eigenvalue weighted by atomic mass is 10.0. The maximum atomic E-state index is 4.45. The summed E-state index contributed by atoms with van der Waals surface area (Å²) in [6.07, 6.45) is 3.91. The van der Waals surface area contributed by atoms with E-state index in [-0.39, 0.29) is 6.04 Å². The molecule has 104 valence electrons. The van der Waals surface area contributed by atoms with Gasteiger partial charge in [0.1, 0.15) is 0 Å². The number of halogens is 1. The minimum absolute atomic E-state index is 0.0768. The zero-order valence-corrected chi connectivity index (χ0v) is 13.6. The molecule has 19 heavy (non-hydrogen) atoms. The summed E-state index contributed by atoms with van der Waals surface area (Å²) in [4.78, 5) is 0. The SMILES string of the molecule is CNC(c1cn(C)nc1C)c1c(Br)cnn1C(C)C. The molecule has 2 aromatic rings. The van der Waals surface area contributed by atoms with Crippen molar-refractivity contribution in [2.24, 2.45) is 7.05 Å². The summed E-state index contributed by atoms with van der Waals surface area (Å²) in [5.41, 5.74) is 3.34. The predicted octanol–water partition coefficient (Wildman–Crippen LogP) is 2.58. The third-order valence-electron chi connectivity index (χ3n) is 3.20. The average molecular weight is 326 g/mol. The quantitative estimate of drug-likeness (QED) is 0.939. The summed E-state index contributed by atoms with van der Waals surface area (Å²) in [6, 6.07) is 0.391. The molecule has 1 atom stereocenters. The van der Waals surface area contributed by atoms with E-state index in [1.165, 1.54) is 5.56 Å². The molecule has 5 nitrogen and oxygen atoms in total. The van der Waals surface area contributed by atoms with E-state index in [1.807, 2.05) is 36.6 Å². The molecule has 2 heterocycles. The lowest BCUT2D eigenvalue weighted by molar-refractivity contribution is 0.482. The number of rotatable bonds is 4. The van der Waals surface area contributed by atoms with Crippen molar-refractivity contribution in [2.75, 3.05) is 7.05 Å². The average Bonchev–Trinajstić information content (AvgIpc) is 2.85. The van der Waals surface area contributed by atoms with E-state index in [4.69, 9.17) is 0 Å². The molecule has 1 N–H and O–H groups in total. The standard InChI is InChI=1S/C13H20BrN5/c1-8(2)19-13(11(14)6-16-19)12(15-4)10-7-18(5)17-9(10)3/h6-8,12,15H,1-5H3. The van der Waals surface area contributed by atoms with Crippen LogP contribution < -0.4 is 5.32 Å². The van der Waals surface area contributed by atoms with Crippen molar-refractivity contribution < 1.29 is 0 Å². The highest BCUT2D eigenvalue weighted by molar-refractivity contribution is 9.10. The summed E-state index contributed by atoms with van der Waals surface area (Å²) < 4.78 is 4.90. The number of hydrogen-bond donors (Lipinski definition) is 1. The molecule has 0 aromatic carbocycles. The minimum Gasteiger partial charge on any atom is -0.308 e. The van der Waals surface area contributed by atoms with Crippen molar-refractivity contribution >= 4 is 15.9 Å². The third kappa shape index (κ3) is 2.60. The zero-order chi connectivity index (χ0) is 14.2. The highest BCUT2D eigenvalue weighted by Gasteiger charge is 2.24. The maximum absolute atomic E-state index is 4.45. The molecular weight excluding hydrogens is 306 g/mol. The van der Waals surface area contributed by atoms with Crippen LogP contribution in [-0.4, -0.2) is 26.6 Å². The highest BCUT2D eigenvalue weighted by Crippen LogP contribution is 2.31. The Labute approximate surface area is 122 Å². The number of aromatic nitrogens is 4. The van der Waals surface area contributed by atoms with Crippen molar-refractivity contribution in [1.29, 1.82) is 0 Å². The molecule has 0 radical (unpaired) electrons. The number of nitrogens with zero attached hydrogens (tertiary/aromatic N) is 4. The zero-order valence-electron chi connectivity index (χ0n) is 12.0. The third-order valence-corrected chi connectivity index (χ3v) is 3.81. The van der Waals surface area contributed by atoms with Gasteiger partial charge >= 0.3 is 0 Å². The molecule has 6 heteroatoms. The molecule has 0 bridgehead atoms. The van der Waals surface area contributed by atoms with Crippen LogP contribution in [0.2, 0.25) is 0 Å². The van der Waals surface area contributed by atoms with E-state index in [2.05, 4.69) is 51.5 Å². The lowest BCUT2D eigenvalue weighted by Crippen LogP contribution is -2.23. The summed E-state index contributed by atoms with van der Waals surface area (Å²) >= 11 is 3.60. The summed E-state index contributed by atoms with van der Waals surface area (Å²) in [5, 5.41) is 12.2. The molecule has 0 amide bonds. The Morgan fingerprint density at radius 2 is 2.05 bits per heavy atom. The van der Waals surface area contributed by atoms with Gasteiger partial charge in [-0.15, -0.1) is 0 Å². The molecule has 2 aromatic heterocycles. The molecule has 1 unspecified atom stereocenters. The molecule has 0 saturated heterocycles. The Morgan fingerprint density at radius 3 is 2.53 bits per heavy atom. The van der Waals surface area contributed by atoms with Gasteiger partial charge in [0.15, 0.2) is 0 Å². The van der Waals surface area contributed by atoms with E-state index in [9.17, 15) is 0 Å². The normalized spacial score (nSPS) is 13.2. The second-order valence-corrected chi connectivity index (χ2v) is 5.84. The molecule has 0 aliphatic rings. The van der Waals surface area contributed by atoms with Crippen molar-refractivity contribution in [3.05, 3.63) is 33.8 Å². The molecule has 0 saturated carbocycles. The Hall–Kier alpha value is -1.14. The van der Waals surface area contributed by atoms with Gasteiger partial charge in [-0.1, -0.05) is 0 Å². The van der Waals surface area contributed by atoms with Crippen LogP contribution in [0.15, 0.2) is 16.9 Å². The molecule has 0 fully saturated rings. The molecular formula is C13H20BrN5.